The van der Waals surface area contributed by atoms with E-state index in [-0.39, 0.29) is 17.9 Å². The second-order valence-electron chi connectivity index (χ2n) is 5.32. The molecule has 0 bridgehead atoms. The van der Waals surface area contributed by atoms with E-state index < -0.39 is 11.9 Å². The number of rotatable bonds is 5. The highest BCUT2D eigenvalue weighted by atomic mass is 79.9. The quantitative estimate of drug-likeness (QED) is 0.716. The summed E-state index contributed by atoms with van der Waals surface area (Å²) in [5.74, 6) is -1.27. The summed E-state index contributed by atoms with van der Waals surface area (Å²) < 4.78 is 6.07. The zero-order valence-electron chi connectivity index (χ0n) is 13.0. The van der Waals surface area contributed by atoms with Crippen molar-refractivity contribution in [1.82, 2.24) is 0 Å². The molecule has 0 saturated heterocycles. The van der Waals surface area contributed by atoms with E-state index >= 15 is 0 Å². The molecule has 0 fully saturated rings. The van der Waals surface area contributed by atoms with Crippen LogP contribution in [0.15, 0.2) is 65.1 Å². The minimum atomic E-state index is -1.37. The maximum atomic E-state index is 12.0. The molecule has 0 heterocycles. The van der Waals surface area contributed by atoms with E-state index in [4.69, 9.17) is 4.74 Å². The molecule has 0 aliphatic carbocycles. The number of carbonyl (C=O) groups excluding carboxylic acids is 2. The maximum Gasteiger partial charge on any atom is 0.262 e. The van der Waals surface area contributed by atoms with Crippen LogP contribution in [0, 0.1) is 0 Å². The van der Waals surface area contributed by atoms with Crippen LogP contribution >= 0.6 is 15.9 Å². The Kier molecular flexibility index (Phi) is 5.00. The van der Waals surface area contributed by atoms with Crippen molar-refractivity contribution < 1.29 is 19.4 Å². The van der Waals surface area contributed by atoms with Crippen LogP contribution in [-0.4, -0.2) is 18.5 Å². The van der Waals surface area contributed by atoms with Crippen LogP contribution in [-0.2, 0) is 4.79 Å². The minimum Gasteiger partial charge on any atom is -0.545 e. The van der Waals surface area contributed by atoms with Gasteiger partial charge in [-0.3, -0.25) is 4.79 Å². The number of halogens is 1. The van der Waals surface area contributed by atoms with Crippen LogP contribution < -0.4 is 15.2 Å². The lowest BCUT2D eigenvalue weighted by atomic mass is 10.1. The Balaban J connectivity index is 1.67. The van der Waals surface area contributed by atoms with E-state index in [9.17, 15) is 14.7 Å². The minimum absolute atomic E-state index is 0.103. The predicted molar refractivity (Wildman–Crippen MR) is 96.5 cm³/mol. The van der Waals surface area contributed by atoms with Crippen molar-refractivity contribution in [2.24, 2.45) is 0 Å². The van der Waals surface area contributed by atoms with Crippen LogP contribution in [0.1, 0.15) is 10.4 Å². The van der Waals surface area contributed by atoms with Gasteiger partial charge in [0.05, 0.1) is 5.97 Å². The number of fused-ring (bicyclic) bond motifs is 1. The zero-order chi connectivity index (χ0) is 17.8. The molecular formula is C19H13BrNO4-. The average molecular weight is 399 g/mol. The Hall–Kier alpha value is -2.86. The summed E-state index contributed by atoms with van der Waals surface area (Å²) in [4.78, 5) is 23.2. The van der Waals surface area contributed by atoms with Gasteiger partial charge in [-0.25, -0.2) is 0 Å². The van der Waals surface area contributed by atoms with Gasteiger partial charge < -0.3 is 20.0 Å². The molecule has 0 aliphatic heterocycles. The number of hydrogen-bond acceptors (Lipinski definition) is 4. The lowest BCUT2D eigenvalue weighted by Gasteiger charge is -2.13. The third-order valence-electron chi connectivity index (χ3n) is 3.57. The number of nitrogens with one attached hydrogen (secondary N) is 1. The van der Waals surface area contributed by atoms with Gasteiger partial charge in [-0.15, -0.1) is 0 Å². The molecule has 0 aliphatic rings. The van der Waals surface area contributed by atoms with E-state index in [0.29, 0.717) is 10.2 Å². The highest BCUT2D eigenvalue weighted by molar-refractivity contribution is 9.10. The van der Waals surface area contributed by atoms with Gasteiger partial charge in [0.2, 0.25) is 0 Å². The van der Waals surface area contributed by atoms with Gasteiger partial charge in [0, 0.05) is 15.7 Å². The average Bonchev–Trinajstić information content (AvgIpc) is 2.61. The van der Waals surface area contributed by atoms with Gasteiger partial charge in [0.25, 0.3) is 5.91 Å². The van der Waals surface area contributed by atoms with Crippen molar-refractivity contribution in [2.75, 3.05) is 11.9 Å². The smallest absolute Gasteiger partial charge is 0.262 e. The Morgan fingerprint density at radius 1 is 1.00 bits per heavy atom. The van der Waals surface area contributed by atoms with Crippen LogP contribution in [0.25, 0.3) is 10.8 Å². The monoisotopic (exact) mass is 398 g/mol. The first-order valence-corrected chi connectivity index (χ1v) is 8.24. The number of carboxylic acids is 1. The summed E-state index contributed by atoms with van der Waals surface area (Å²) in [7, 11) is 0. The topological polar surface area (TPSA) is 78.5 Å². The van der Waals surface area contributed by atoms with E-state index in [0.717, 1.165) is 10.8 Å². The Labute approximate surface area is 152 Å². The summed E-state index contributed by atoms with van der Waals surface area (Å²) in [5, 5.41) is 15.7. The van der Waals surface area contributed by atoms with E-state index in [1.807, 2.05) is 36.4 Å². The van der Waals surface area contributed by atoms with Crippen molar-refractivity contribution >= 4 is 44.3 Å². The summed E-state index contributed by atoms with van der Waals surface area (Å²) in [6.45, 7) is -0.235. The number of aromatic carboxylic acids is 1. The molecule has 1 amide bonds. The Bertz CT molecular complexity index is 955. The number of benzene rings is 3. The summed E-state index contributed by atoms with van der Waals surface area (Å²) in [6.07, 6.45) is 0. The second kappa shape index (κ2) is 7.36. The van der Waals surface area contributed by atoms with Gasteiger partial charge in [-0.05, 0) is 41.1 Å². The molecule has 6 heteroatoms. The Morgan fingerprint density at radius 3 is 2.52 bits per heavy atom. The first-order valence-electron chi connectivity index (χ1n) is 7.45. The van der Waals surface area contributed by atoms with Crippen molar-refractivity contribution in [2.45, 2.75) is 0 Å². The summed E-state index contributed by atoms with van der Waals surface area (Å²) >= 11 is 3.18. The number of anilines is 1. The fourth-order valence-electron chi connectivity index (χ4n) is 2.39. The molecule has 25 heavy (non-hydrogen) atoms. The molecule has 0 unspecified atom stereocenters. The Morgan fingerprint density at radius 2 is 1.76 bits per heavy atom. The summed E-state index contributed by atoms with van der Waals surface area (Å²) in [5.41, 5.74) is 0.0590. The number of ether oxygens (including phenoxy) is 1. The molecule has 1 N–H and O–H groups in total. The van der Waals surface area contributed by atoms with Gasteiger partial charge in [0.15, 0.2) is 6.61 Å². The fraction of sp³-hybridized carbons (Fsp3) is 0.0526. The largest absolute Gasteiger partial charge is 0.545 e. The highest BCUT2D eigenvalue weighted by Gasteiger charge is 2.09. The standard InChI is InChI=1S/C19H14BrNO4/c20-14-6-8-17(16(10-14)19(23)24)21-18(22)11-25-15-7-5-12-3-1-2-4-13(12)9-15/h1-10H,11H2,(H,21,22)(H,23,24)/p-1. The number of amides is 1. The molecule has 0 spiro atoms. The first kappa shape index (κ1) is 17.0. The number of carboxylic acid groups (broad SMARTS) is 1. The zero-order valence-corrected chi connectivity index (χ0v) is 14.6. The van der Waals surface area contributed by atoms with Crippen molar-refractivity contribution in [3.8, 4) is 5.75 Å². The van der Waals surface area contributed by atoms with Crippen molar-refractivity contribution in [3.63, 3.8) is 0 Å². The molecule has 3 aromatic carbocycles. The van der Waals surface area contributed by atoms with Crippen LogP contribution in [0.2, 0.25) is 0 Å². The molecule has 0 atom stereocenters. The second-order valence-corrected chi connectivity index (χ2v) is 6.24. The van der Waals surface area contributed by atoms with Crippen LogP contribution in [0.4, 0.5) is 5.69 Å². The van der Waals surface area contributed by atoms with Crippen molar-refractivity contribution in [3.05, 3.63) is 70.7 Å². The lowest BCUT2D eigenvalue weighted by molar-refractivity contribution is -0.254. The van der Waals surface area contributed by atoms with E-state index in [1.54, 1.807) is 12.1 Å². The van der Waals surface area contributed by atoms with Crippen LogP contribution in [0.5, 0.6) is 5.75 Å². The highest BCUT2D eigenvalue weighted by Crippen LogP contribution is 2.22. The molecule has 3 aromatic rings. The van der Waals surface area contributed by atoms with E-state index in [2.05, 4.69) is 21.2 Å². The SMILES string of the molecule is O=C(COc1ccc2ccccc2c1)Nc1ccc(Br)cc1C(=O)[O-]. The molecule has 0 saturated carbocycles. The third-order valence-corrected chi connectivity index (χ3v) is 4.06. The predicted octanol–water partition coefficient (Wildman–Crippen LogP) is 2.98. The molecule has 0 radical (unpaired) electrons. The molecule has 5 nitrogen and oxygen atoms in total. The first-order chi connectivity index (χ1) is 12.0. The van der Waals surface area contributed by atoms with E-state index in [1.165, 1.54) is 12.1 Å². The normalized spacial score (nSPS) is 10.4. The van der Waals surface area contributed by atoms with Gasteiger partial charge in [-0.1, -0.05) is 46.3 Å². The van der Waals surface area contributed by atoms with Crippen LogP contribution in [0.3, 0.4) is 0 Å². The number of hydrogen-bond donors (Lipinski definition) is 1. The summed E-state index contributed by atoms with van der Waals surface area (Å²) in [6, 6.07) is 17.8. The third kappa shape index (κ3) is 4.16. The number of carbonyl (C=O) groups is 2. The molecule has 0 aromatic heterocycles. The van der Waals surface area contributed by atoms with Gasteiger partial charge in [0.1, 0.15) is 5.75 Å². The maximum absolute atomic E-state index is 12.0. The molecular weight excluding hydrogens is 386 g/mol. The van der Waals surface area contributed by atoms with Gasteiger partial charge in [-0.2, -0.15) is 0 Å². The van der Waals surface area contributed by atoms with Gasteiger partial charge >= 0.3 is 0 Å². The van der Waals surface area contributed by atoms with Crippen molar-refractivity contribution in [1.29, 1.82) is 0 Å². The molecule has 126 valence electrons. The lowest BCUT2D eigenvalue weighted by Crippen LogP contribution is -2.26. The fourth-order valence-corrected chi connectivity index (χ4v) is 2.75. The molecule has 3 rings (SSSR count).